The smallest absolute Gasteiger partial charge is 0.253 e. The first-order valence-electron chi connectivity index (χ1n) is 8.97. The van der Waals surface area contributed by atoms with Gasteiger partial charge in [0.2, 0.25) is 5.91 Å². The summed E-state index contributed by atoms with van der Waals surface area (Å²) in [5, 5.41) is 8.85. The molecule has 1 aromatic carbocycles. The molecule has 2 amide bonds. The second-order valence-electron chi connectivity index (χ2n) is 6.70. The molecule has 0 N–H and O–H groups in total. The largest absolute Gasteiger partial charge is 0.342 e. The van der Waals surface area contributed by atoms with Crippen LogP contribution in [0.5, 0.6) is 0 Å². The van der Waals surface area contributed by atoms with Gasteiger partial charge in [0.1, 0.15) is 0 Å². The molecule has 0 radical (unpaired) electrons. The van der Waals surface area contributed by atoms with Crippen LogP contribution in [0.1, 0.15) is 35.2 Å². The highest BCUT2D eigenvalue weighted by Crippen LogP contribution is 2.12. The van der Waals surface area contributed by atoms with Crippen molar-refractivity contribution in [2.45, 2.75) is 19.3 Å². The summed E-state index contributed by atoms with van der Waals surface area (Å²) in [5.41, 5.74) is 1.17. The Labute approximate surface area is 148 Å². The monoisotopic (exact) mass is 340 g/mol. The first kappa shape index (κ1) is 17.4. The number of amides is 2. The summed E-state index contributed by atoms with van der Waals surface area (Å²) in [5.74, 6) is 0.210. The lowest BCUT2D eigenvalue weighted by molar-refractivity contribution is -0.131. The third kappa shape index (κ3) is 4.37. The van der Waals surface area contributed by atoms with E-state index in [0.29, 0.717) is 30.8 Å². The van der Waals surface area contributed by atoms with Crippen molar-refractivity contribution in [2.24, 2.45) is 0 Å². The van der Waals surface area contributed by atoms with E-state index in [4.69, 9.17) is 5.26 Å². The van der Waals surface area contributed by atoms with Gasteiger partial charge in [0.15, 0.2) is 0 Å². The van der Waals surface area contributed by atoms with E-state index < -0.39 is 0 Å². The summed E-state index contributed by atoms with van der Waals surface area (Å²) in [6.07, 6.45) is 3.09. The molecule has 0 spiro atoms. The van der Waals surface area contributed by atoms with Crippen LogP contribution in [0.3, 0.4) is 0 Å². The van der Waals surface area contributed by atoms with Gasteiger partial charge in [-0.2, -0.15) is 5.26 Å². The van der Waals surface area contributed by atoms with Crippen molar-refractivity contribution in [3.05, 3.63) is 35.4 Å². The first-order chi connectivity index (χ1) is 12.2. The Kier molecular flexibility index (Phi) is 5.67. The molecular formula is C19H24N4O2. The Morgan fingerprint density at radius 3 is 2.24 bits per heavy atom. The predicted octanol–water partition coefficient (Wildman–Crippen LogP) is 1.33. The van der Waals surface area contributed by atoms with Crippen molar-refractivity contribution in [1.29, 1.82) is 5.26 Å². The van der Waals surface area contributed by atoms with Crippen molar-refractivity contribution in [1.82, 2.24) is 14.7 Å². The molecule has 0 bridgehead atoms. The number of hydrogen-bond acceptors (Lipinski definition) is 4. The average Bonchev–Trinajstić information content (AvgIpc) is 3.09. The Hall–Kier alpha value is -2.39. The Morgan fingerprint density at radius 2 is 1.56 bits per heavy atom. The molecule has 0 aromatic heterocycles. The second-order valence-corrected chi connectivity index (χ2v) is 6.70. The molecule has 6 nitrogen and oxygen atoms in total. The van der Waals surface area contributed by atoms with Crippen LogP contribution < -0.4 is 0 Å². The number of benzene rings is 1. The minimum atomic E-state index is -0.00258. The van der Waals surface area contributed by atoms with E-state index >= 15 is 0 Å². The van der Waals surface area contributed by atoms with E-state index in [2.05, 4.69) is 11.0 Å². The summed E-state index contributed by atoms with van der Waals surface area (Å²) in [7, 11) is 0. The van der Waals surface area contributed by atoms with Crippen LogP contribution in [0, 0.1) is 11.3 Å². The fourth-order valence-corrected chi connectivity index (χ4v) is 3.46. The highest BCUT2D eigenvalue weighted by atomic mass is 16.2. The minimum absolute atomic E-state index is 0.00258. The number of carbonyl (C=O) groups is 2. The van der Waals surface area contributed by atoms with Crippen molar-refractivity contribution >= 4 is 11.8 Å². The fraction of sp³-hybridized carbons (Fsp3) is 0.526. The fourth-order valence-electron chi connectivity index (χ4n) is 3.46. The van der Waals surface area contributed by atoms with E-state index in [1.807, 2.05) is 9.80 Å². The van der Waals surface area contributed by atoms with Gasteiger partial charge in [0, 0.05) is 44.8 Å². The lowest BCUT2D eigenvalue weighted by Gasteiger charge is -2.24. The Balaban J connectivity index is 1.54. The molecule has 2 heterocycles. The number of nitrogens with zero attached hydrogens (tertiary/aromatic N) is 4. The van der Waals surface area contributed by atoms with E-state index in [9.17, 15) is 9.59 Å². The predicted molar refractivity (Wildman–Crippen MR) is 93.9 cm³/mol. The maximum absolute atomic E-state index is 12.6. The molecule has 6 heteroatoms. The zero-order valence-corrected chi connectivity index (χ0v) is 14.5. The Morgan fingerprint density at radius 1 is 0.880 bits per heavy atom. The minimum Gasteiger partial charge on any atom is -0.342 e. The van der Waals surface area contributed by atoms with Crippen molar-refractivity contribution in [3.63, 3.8) is 0 Å². The van der Waals surface area contributed by atoms with Gasteiger partial charge >= 0.3 is 0 Å². The van der Waals surface area contributed by atoms with Crippen molar-refractivity contribution in [3.8, 4) is 6.07 Å². The quantitative estimate of drug-likeness (QED) is 0.832. The molecular weight excluding hydrogens is 316 g/mol. The molecule has 2 fully saturated rings. The molecule has 2 aliphatic rings. The van der Waals surface area contributed by atoms with Crippen LogP contribution >= 0.6 is 0 Å². The van der Waals surface area contributed by atoms with E-state index in [0.717, 1.165) is 45.4 Å². The summed E-state index contributed by atoms with van der Waals surface area (Å²) < 4.78 is 0. The molecule has 3 rings (SSSR count). The van der Waals surface area contributed by atoms with Crippen LogP contribution in [0.25, 0.3) is 0 Å². The molecule has 0 aliphatic carbocycles. The second kappa shape index (κ2) is 8.13. The van der Waals surface area contributed by atoms with Crippen LogP contribution in [0.15, 0.2) is 24.3 Å². The summed E-state index contributed by atoms with van der Waals surface area (Å²) >= 11 is 0. The zero-order valence-electron chi connectivity index (χ0n) is 14.5. The maximum Gasteiger partial charge on any atom is 0.253 e. The third-order valence-electron chi connectivity index (χ3n) is 4.95. The van der Waals surface area contributed by atoms with Crippen LogP contribution in [0.2, 0.25) is 0 Å². The van der Waals surface area contributed by atoms with E-state index in [-0.39, 0.29) is 11.8 Å². The van der Waals surface area contributed by atoms with Gasteiger partial charge < -0.3 is 9.80 Å². The Bertz CT molecular complexity index is 659. The number of rotatable bonds is 3. The standard InChI is InChI=1S/C19H24N4O2/c20-14-16-4-6-17(7-5-16)19(25)23-11-3-8-21(12-13-23)15-18(24)22-9-1-2-10-22/h4-7H,1-3,8-13,15H2. The number of carbonyl (C=O) groups excluding carboxylic acids is 2. The molecule has 2 saturated heterocycles. The number of nitriles is 1. The van der Waals surface area contributed by atoms with Gasteiger partial charge in [0.05, 0.1) is 18.2 Å². The zero-order chi connectivity index (χ0) is 17.6. The summed E-state index contributed by atoms with van der Waals surface area (Å²) in [6.45, 7) is 5.13. The SMILES string of the molecule is N#Cc1ccc(C(=O)N2CCCN(CC(=O)N3CCCC3)CC2)cc1. The van der Waals surface area contributed by atoms with Crippen molar-refractivity contribution in [2.75, 3.05) is 45.8 Å². The lowest BCUT2D eigenvalue weighted by Crippen LogP contribution is -2.41. The van der Waals surface area contributed by atoms with Gasteiger partial charge in [-0.3, -0.25) is 14.5 Å². The van der Waals surface area contributed by atoms with Crippen LogP contribution in [-0.4, -0.2) is 72.3 Å². The summed E-state index contributed by atoms with van der Waals surface area (Å²) in [4.78, 5) is 30.9. The lowest BCUT2D eigenvalue weighted by atomic mass is 10.1. The molecule has 2 aliphatic heterocycles. The highest BCUT2D eigenvalue weighted by molar-refractivity contribution is 5.94. The maximum atomic E-state index is 12.6. The highest BCUT2D eigenvalue weighted by Gasteiger charge is 2.24. The van der Waals surface area contributed by atoms with Gasteiger partial charge in [0.25, 0.3) is 5.91 Å². The molecule has 132 valence electrons. The number of likely N-dealkylation sites (tertiary alicyclic amines) is 1. The van der Waals surface area contributed by atoms with Gasteiger partial charge in [-0.1, -0.05) is 0 Å². The normalized spacial score (nSPS) is 18.7. The molecule has 25 heavy (non-hydrogen) atoms. The van der Waals surface area contributed by atoms with Gasteiger partial charge in [-0.15, -0.1) is 0 Å². The van der Waals surface area contributed by atoms with Gasteiger partial charge in [-0.05, 0) is 43.5 Å². The molecule has 0 unspecified atom stereocenters. The van der Waals surface area contributed by atoms with Gasteiger partial charge in [-0.25, -0.2) is 0 Å². The van der Waals surface area contributed by atoms with E-state index in [1.165, 1.54) is 0 Å². The first-order valence-corrected chi connectivity index (χ1v) is 8.97. The third-order valence-corrected chi connectivity index (χ3v) is 4.95. The molecule has 1 aromatic rings. The topological polar surface area (TPSA) is 67.6 Å². The average molecular weight is 340 g/mol. The van der Waals surface area contributed by atoms with E-state index in [1.54, 1.807) is 24.3 Å². The van der Waals surface area contributed by atoms with Crippen LogP contribution in [-0.2, 0) is 4.79 Å². The summed E-state index contributed by atoms with van der Waals surface area (Å²) in [6, 6.07) is 8.83. The molecule has 0 atom stereocenters. The number of hydrogen-bond donors (Lipinski definition) is 0. The van der Waals surface area contributed by atoms with Crippen LogP contribution in [0.4, 0.5) is 0 Å². The van der Waals surface area contributed by atoms with Crippen molar-refractivity contribution < 1.29 is 9.59 Å². The molecule has 0 saturated carbocycles.